The van der Waals surface area contributed by atoms with Crippen molar-refractivity contribution in [3.8, 4) is 11.5 Å². The molecule has 7 nitrogen and oxygen atoms in total. The van der Waals surface area contributed by atoms with E-state index in [1.54, 1.807) is 0 Å². The number of benzene rings is 1. The molecule has 1 aromatic rings. The topological polar surface area (TPSA) is 107 Å². The van der Waals surface area contributed by atoms with E-state index >= 15 is 0 Å². The molecule has 1 saturated carbocycles. The summed E-state index contributed by atoms with van der Waals surface area (Å²) in [6.45, 7) is 0.743. The fourth-order valence-electron chi connectivity index (χ4n) is 2.87. The first-order valence-electron chi connectivity index (χ1n) is 8.00. The number of nitrogens with zero attached hydrogens (tertiary/aromatic N) is 2. The number of fused-ring (bicyclic) bond motifs is 1. The Morgan fingerprint density at radius 3 is 2.62 bits per heavy atom. The molecule has 0 aromatic heterocycles. The average molecular weight is 354 g/mol. The van der Waals surface area contributed by atoms with Gasteiger partial charge in [-0.1, -0.05) is 25.3 Å². The summed E-state index contributed by atoms with van der Waals surface area (Å²) in [5.74, 6) is 2.02. The molecule has 0 radical (unpaired) electrons. The van der Waals surface area contributed by atoms with Crippen LogP contribution in [-0.2, 0) is 6.54 Å². The fourth-order valence-corrected chi connectivity index (χ4v) is 2.87. The molecule has 1 aliphatic carbocycles. The largest absolute Gasteiger partial charge is 0.454 e. The van der Waals surface area contributed by atoms with E-state index in [2.05, 4.69) is 15.3 Å². The molecule has 0 amide bonds. The van der Waals surface area contributed by atoms with Crippen LogP contribution in [0.25, 0.3) is 0 Å². The van der Waals surface area contributed by atoms with Gasteiger partial charge in [0, 0.05) is 6.04 Å². The van der Waals surface area contributed by atoms with Gasteiger partial charge in [0.15, 0.2) is 17.5 Å². The van der Waals surface area contributed by atoms with Gasteiger partial charge in [-0.05, 0) is 30.5 Å². The van der Waals surface area contributed by atoms with Gasteiger partial charge in [-0.15, -0.1) is 12.4 Å². The number of ether oxygens (including phenoxy) is 2. The normalized spacial score (nSPS) is 17.1. The maximum Gasteiger partial charge on any atom is 0.231 e. The van der Waals surface area contributed by atoms with Crippen LogP contribution in [0.5, 0.6) is 11.5 Å². The zero-order valence-corrected chi connectivity index (χ0v) is 14.3. The lowest BCUT2D eigenvalue weighted by atomic mass is 9.96. The minimum atomic E-state index is 0. The Morgan fingerprint density at radius 2 is 1.88 bits per heavy atom. The average Bonchev–Trinajstić information content (AvgIpc) is 3.01. The number of nitrogens with two attached hydrogens (primary N) is 2. The molecule has 2 aliphatic rings. The van der Waals surface area contributed by atoms with Gasteiger partial charge in [0.05, 0.1) is 6.54 Å². The van der Waals surface area contributed by atoms with E-state index in [1.807, 2.05) is 18.2 Å². The minimum Gasteiger partial charge on any atom is -0.454 e. The van der Waals surface area contributed by atoms with Crippen LogP contribution in [0.4, 0.5) is 0 Å². The van der Waals surface area contributed by atoms with Crippen molar-refractivity contribution in [2.75, 3.05) is 6.79 Å². The number of aliphatic imine (C=N–C) groups is 2. The third-order valence-corrected chi connectivity index (χ3v) is 4.02. The number of hydrogen-bond acceptors (Lipinski definition) is 3. The Hall–Kier alpha value is -2.15. The molecule has 1 heterocycles. The van der Waals surface area contributed by atoms with Gasteiger partial charge in [0.1, 0.15) is 0 Å². The Bertz CT molecular complexity index is 610. The van der Waals surface area contributed by atoms with Crippen molar-refractivity contribution in [3.05, 3.63) is 23.8 Å². The monoisotopic (exact) mass is 353 g/mol. The van der Waals surface area contributed by atoms with Crippen LogP contribution in [-0.4, -0.2) is 24.8 Å². The predicted octanol–water partition coefficient (Wildman–Crippen LogP) is 1.89. The van der Waals surface area contributed by atoms with Gasteiger partial charge in [0.25, 0.3) is 0 Å². The molecule has 0 unspecified atom stereocenters. The first kappa shape index (κ1) is 18.2. The molecule has 1 fully saturated rings. The number of nitrogens with one attached hydrogen (secondary N) is 1. The van der Waals surface area contributed by atoms with E-state index in [-0.39, 0.29) is 25.2 Å². The van der Waals surface area contributed by atoms with Crippen molar-refractivity contribution in [2.45, 2.75) is 44.7 Å². The van der Waals surface area contributed by atoms with Crippen LogP contribution in [0.3, 0.4) is 0 Å². The molecule has 0 atom stereocenters. The summed E-state index contributed by atoms with van der Waals surface area (Å²) >= 11 is 0. The van der Waals surface area contributed by atoms with E-state index in [1.165, 1.54) is 19.3 Å². The van der Waals surface area contributed by atoms with E-state index in [4.69, 9.17) is 20.9 Å². The third-order valence-electron chi connectivity index (χ3n) is 4.02. The summed E-state index contributed by atoms with van der Waals surface area (Å²) in [6, 6.07) is 6.18. The maximum absolute atomic E-state index is 5.51. The molecule has 1 aliphatic heterocycles. The summed E-state index contributed by atoms with van der Waals surface area (Å²) < 4.78 is 10.7. The van der Waals surface area contributed by atoms with Crippen molar-refractivity contribution in [3.63, 3.8) is 0 Å². The SMILES string of the molecule is Cl.NC(N)=NC(=NCc1ccc2c(c1)OCO2)NC1CCCCC1. The molecular weight excluding hydrogens is 330 g/mol. The second kappa shape index (κ2) is 8.63. The highest BCUT2D eigenvalue weighted by molar-refractivity contribution is 5.93. The van der Waals surface area contributed by atoms with Gasteiger partial charge in [-0.3, -0.25) is 0 Å². The molecule has 0 spiro atoms. The van der Waals surface area contributed by atoms with E-state index in [0.29, 0.717) is 18.5 Å². The molecule has 24 heavy (non-hydrogen) atoms. The maximum atomic E-state index is 5.51. The molecule has 5 N–H and O–H groups in total. The highest BCUT2D eigenvalue weighted by atomic mass is 35.5. The molecule has 3 rings (SSSR count). The van der Waals surface area contributed by atoms with Gasteiger partial charge in [-0.25, -0.2) is 4.99 Å². The lowest BCUT2D eigenvalue weighted by Crippen LogP contribution is -2.37. The first-order chi connectivity index (χ1) is 11.2. The van der Waals surface area contributed by atoms with Gasteiger partial charge in [-0.2, -0.15) is 4.99 Å². The van der Waals surface area contributed by atoms with Gasteiger partial charge < -0.3 is 26.3 Å². The summed E-state index contributed by atoms with van der Waals surface area (Å²) in [7, 11) is 0. The number of hydrogen-bond donors (Lipinski definition) is 3. The van der Waals surface area contributed by atoms with Crippen LogP contribution in [0.1, 0.15) is 37.7 Å². The number of halogens is 1. The van der Waals surface area contributed by atoms with Crippen molar-refractivity contribution in [1.29, 1.82) is 0 Å². The van der Waals surface area contributed by atoms with Crippen LogP contribution in [0, 0.1) is 0 Å². The third kappa shape index (κ3) is 4.92. The Labute approximate surface area is 147 Å². The zero-order chi connectivity index (χ0) is 16.1. The van der Waals surface area contributed by atoms with E-state index in [0.717, 1.165) is 29.9 Å². The molecule has 132 valence electrons. The highest BCUT2D eigenvalue weighted by Gasteiger charge is 2.15. The van der Waals surface area contributed by atoms with Crippen LogP contribution in [0.15, 0.2) is 28.2 Å². The Kier molecular flexibility index (Phi) is 6.54. The van der Waals surface area contributed by atoms with E-state index < -0.39 is 0 Å². The zero-order valence-electron chi connectivity index (χ0n) is 13.5. The summed E-state index contributed by atoms with van der Waals surface area (Å²) in [6.07, 6.45) is 6.01. The van der Waals surface area contributed by atoms with Crippen molar-refractivity contribution >= 4 is 24.3 Å². The first-order valence-corrected chi connectivity index (χ1v) is 8.00. The summed E-state index contributed by atoms with van der Waals surface area (Å²) in [5, 5.41) is 3.36. The molecular formula is C16H24ClN5O2. The number of guanidine groups is 2. The van der Waals surface area contributed by atoms with Crippen molar-refractivity contribution < 1.29 is 9.47 Å². The van der Waals surface area contributed by atoms with Crippen molar-refractivity contribution in [1.82, 2.24) is 5.32 Å². The van der Waals surface area contributed by atoms with E-state index in [9.17, 15) is 0 Å². The highest BCUT2D eigenvalue weighted by Crippen LogP contribution is 2.32. The van der Waals surface area contributed by atoms with Gasteiger partial charge in [0.2, 0.25) is 12.8 Å². The molecule has 0 bridgehead atoms. The van der Waals surface area contributed by atoms with Crippen LogP contribution < -0.4 is 26.3 Å². The van der Waals surface area contributed by atoms with Crippen LogP contribution in [0.2, 0.25) is 0 Å². The standard InChI is InChI=1S/C16H23N5O2.ClH/c17-15(18)21-16(20-12-4-2-1-3-5-12)19-9-11-6-7-13-14(8-11)23-10-22-13;/h6-8,12H,1-5,9-10H2,(H5,17,18,19,20,21);1H. The quantitative estimate of drug-likeness (QED) is 0.568. The predicted molar refractivity (Wildman–Crippen MR) is 96.8 cm³/mol. The lowest BCUT2D eigenvalue weighted by molar-refractivity contribution is 0.174. The van der Waals surface area contributed by atoms with Crippen molar-refractivity contribution in [2.24, 2.45) is 21.5 Å². The molecule has 0 saturated heterocycles. The Balaban J connectivity index is 0.00000208. The number of rotatable bonds is 3. The second-order valence-electron chi connectivity index (χ2n) is 5.84. The molecule has 1 aromatic carbocycles. The fraction of sp³-hybridized carbons (Fsp3) is 0.500. The molecule has 8 heteroatoms. The smallest absolute Gasteiger partial charge is 0.231 e. The summed E-state index contributed by atoms with van der Waals surface area (Å²) in [4.78, 5) is 8.63. The second-order valence-corrected chi connectivity index (χ2v) is 5.84. The minimum absolute atomic E-state index is 0. The Morgan fingerprint density at radius 1 is 1.12 bits per heavy atom. The lowest BCUT2D eigenvalue weighted by Gasteiger charge is -2.23. The van der Waals surface area contributed by atoms with Gasteiger partial charge >= 0.3 is 0 Å². The summed E-state index contributed by atoms with van der Waals surface area (Å²) in [5.41, 5.74) is 12.0. The van der Waals surface area contributed by atoms with Crippen LogP contribution >= 0.6 is 12.4 Å².